The maximum atomic E-state index is 13.7. The van der Waals surface area contributed by atoms with Crippen molar-refractivity contribution in [3.8, 4) is 11.5 Å². The molecule has 1 atom stereocenters. The van der Waals surface area contributed by atoms with Crippen LogP contribution < -0.4 is 9.47 Å². The molecule has 36 heavy (non-hydrogen) atoms. The first-order chi connectivity index (χ1) is 17.3. The fourth-order valence-corrected chi connectivity index (χ4v) is 4.18. The zero-order valence-electron chi connectivity index (χ0n) is 21.3. The molecule has 0 saturated heterocycles. The molecule has 0 aliphatic rings. The van der Waals surface area contributed by atoms with E-state index < -0.39 is 17.9 Å². The molecule has 1 heterocycles. The number of carbonyl (C=O) groups excluding carboxylic acids is 2. The van der Waals surface area contributed by atoms with E-state index in [0.29, 0.717) is 17.1 Å². The molecule has 9 nitrogen and oxygen atoms in total. The fraction of sp³-hybridized carbons (Fsp3) is 0.370. The van der Waals surface area contributed by atoms with Gasteiger partial charge in [0.25, 0.3) is 5.91 Å². The van der Waals surface area contributed by atoms with Crippen LogP contribution >= 0.6 is 0 Å². The molecular formula is C27H33N3O6. The van der Waals surface area contributed by atoms with E-state index in [0.717, 1.165) is 16.5 Å². The zero-order chi connectivity index (χ0) is 26.2. The smallest absolute Gasteiger partial charge is 0.328 e. The number of aromatic amines is 1. The Morgan fingerprint density at radius 2 is 1.81 bits per heavy atom. The van der Waals surface area contributed by atoms with E-state index in [2.05, 4.69) is 10.1 Å². The highest BCUT2D eigenvalue weighted by atomic mass is 16.5. The van der Waals surface area contributed by atoms with Crippen molar-refractivity contribution < 1.29 is 29.0 Å². The topological polar surface area (TPSA) is 113 Å². The molecule has 3 rings (SSSR count). The van der Waals surface area contributed by atoms with Crippen molar-refractivity contribution in [2.75, 3.05) is 21.3 Å². The molecular weight excluding hydrogens is 462 g/mol. The Labute approximate surface area is 210 Å². The van der Waals surface area contributed by atoms with Gasteiger partial charge in [-0.1, -0.05) is 37.2 Å². The number of rotatable bonds is 11. The lowest BCUT2D eigenvalue weighted by Gasteiger charge is -2.31. The number of hydrogen-bond donors (Lipinski definition) is 2. The second-order valence-corrected chi connectivity index (χ2v) is 8.86. The Bertz CT molecular complexity index is 1230. The molecule has 2 aromatic carbocycles. The van der Waals surface area contributed by atoms with Gasteiger partial charge in [0, 0.05) is 41.6 Å². The van der Waals surface area contributed by atoms with Gasteiger partial charge in [-0.25, -0.2) is 4.79 Å². The van der Waals surface area contributed by atoms with Gasteiger partial charge in [-0.15, -0.1) is 0 Å². The summed E-state index contributed by atoms with van der Waals surface area (Å²) in [6.45, 7) is 3.85. The second kappa shape index (κ2) is 12.1. The Morgan fingerprint density at radius 3 is 2.44 bits per heavy atom. The molecule has 0 saturated carbocycles. The normalized spacial score (nSPS) is 12.4. The number of H-pyrrole nitrogens is 1. The Morgan fingerprint density at radius 1 is 1.06 bits per heavy atom. The summed E-state index contributed by atoms with van der Waals surface area (Å²) < 4.78 is 16.0. The number of methoxy groups -OCH3 is 3. The summed E-state index contributed by atoms with van der Waals surface area (Å²) in [6.07, 6.45) is 2.26. The monoisotopic (exact) mass is 495 g/mol. The molecule has 0 aliphatic carbocycles. The molecule has 0 unspecified atom stereocenters. The van der Waals surface area contributed by atoms with Crippen LogP contribution in [0.3, 0.4) is 0 Å². The number of oxime groups is 1. The molecule has 0 spiro atoms. The van der Waals surface area contributed by atoms with E-state index in [-0.39, 0.29) is 31.0 Å². The third-order valence-corrected chi connectivity index (χ3v) is 6.00. The lowest BCUT2D eigenvalue weighted by molar-refractivity contribution is -0.151. The van der Waals surface area contributed by atoms with Gasteiger partial charge in [-0.05, 0) is 29.7 Å². The molecule has 192 valence electrons. The van der Waals surface area contributed by atoms with E-state index in [9.17, 15) is 14.8 Å². The van der Waals surface area contributed by atoms with E-state index in [1.54, 1.807) is 25.3 Å². The summed E-state index contributed by atoms with van der Waals surface area (Å²) >= 11 is 0. The highest BCUT2D eigenvalue weighted by molar-refractivity contribution is 6.39. The summed E-state index contributed by atoms with van der Waals surface area (Å²) in [6, 6.07) is 12.0. The first kappa shape index (κ1) is 26.6. The quantitative estimate of drug-likeness (QED) is 0.179. The summed E-state index contributed by atoms with van der Waals surface area (Å²) in [5.41, 5.74) is 2.39. The van der Waals surface area contributed by atoms with Crippen LogP contribution in [0.1, 0.15) is 31.4 Å². The van der Waals surface area contributed by atoms with Crippen LogP contribution in [0.25, 0.3) is 10.9 Å². The third-order valence-electron chi connectivity index (χ3n) is 6.00. The fourth-order valence-electron chi connectivity index (χ4n) is 4.18. The number of esters is 1. The van der Waals surface area contributed by atoms with Crippen molar-refractivity contribution in [3.05, 3.63) is 59.8 Å². The summed E-state index contributed by atoms with van der Waals surface area (Å²) in [5.74, 6) is 0.00749. The maximum Gasteiger partial charge on any atom is 0.328 e. The van der Waals surface area contributed by atoms with Gasteiger partial charge < -0.3 is 29.3 Å². The van der Waals surface area contributed by atoms with E-state index >= 15 is 0 Å². The average molecular weight is 496 g/mol. The highest BCUT2D eigenvalue weighted by Crippen LogP contribution is 2.28. The van der Waals surface area contributed by atoms with Gasteiger partial charge in [0.05, 0.1) is 27.9 Å². The Kier molecular flexibility index (Phi) is 8.94. The number of nitrogens with one attached hydrogen (secondary N) is 1. The average Bonchev–Trinajstić information content (AvgIpc) is 3.31. The summed E-state index contributed by atoms with van der Waals surface area (Å²) in [4.78, 5) is 31.5. The van der Waals surface area contributed by atoms with Crippen molar-refractivity contribution in [1.82, 2.24) is 9.88 Å². The van der Waals surface area contributed by atoms with E-state index in [1.807, 2.05) is 44.3 Å². The minimum absolute atomic E-state index is 0.0191. The number of ether oxygens (including phenoxy) is 3. The van der Waals surface area contributed by atoms with E-state index in [4.69, 9.17) is 14.2 Å². The number of hydrogen-bond acceptors (Lipinski definition) is 7. The number of amides is 1. The number of aromatic nitrogens is 1. The van der Waals surface area contributed by atoms with Crippen LogP contribution in [0.2, 0.25) is 0 Å². The largest absolute Gasteiger partial charge is 0.497 e. The summed E-state index contributed by atoms with van der Waals surface area (Å²) in [5, 5.41) is 13.9. The van der Waals surface area contributed by atoms with Gasteiger partial charge >= 0.3 is 5.97 Å². The number of fused-ring (bicyclic) bond motifs is 1. The van der Waals surface area contributed by atoms with Gasteiger partial charge in [0.2, 0.25) is 0 Å². The van der Waals surface area contributed by atoms with Crippen molar-refractivity contribution in [1.29, 1.82) is 0 Å². The number of nitrogens with zero attached hydrogens (tertiary/aromatic N) is 2. The minimum Gasteiger partial charge on any atom is -0.497 e. The molecule has 1 amide bonds. The van der Waals surface area contributed by atoms with Crippen molar-refractivity contribution in [2.45, 2.75) is 39.3 Å². The SMILES string of the molecule is COC(=O)[C@H](Cc1c[nH]c2ccccc12)N(Cc1ccc(OC)cc1OC)C(=O)C(CC(C)C)=NO. The van der Waals surface area contributed by atoms with Crippen molar-refractivity contribution in [2.24, 2.45) is 11.1 Å². The number of para-hydroxylation sites is 1. The first-order valence-electron chi connectivity index (χ1n) is 11.7. The lowest BCUT2D eigenvalue weighted by atomic mass is 10.00. The number of benzene rings is 2. The standard InChI is InChI=1S/C27H33N3O6/c1-17(2)12-23(29-33)26(31)30(16-18-10-11-20(34-3)14-25(18)35-4)24(27(32)36-5)13-19-15-28-22-9-7-6-8-21(19)22/h6-11,14-15,17,24,28,33H,12-13,16H2,1-5H3/t24-/m0/s1. The third kappa shape index (κ3) is 5.97. The molecule has 0 bridgehead atoms. The molecule has 0 aliphatic heterocycles. The Hall–Kier alpha value is -4.01. The Balaban J connectivity index is 2.08. The van der Waals surface area contributed by atoms with E-state index in [1.165, 1.54) is 19.1 Å². The maximum absolute atomic E-state index is 13.7. The number of carbonyl (C=O) groups is 2. The molecule has 2 N–H and O–H groups in total. The molecule has 0 radical (unpaired) electrons. The molecule has 9 heteroatoms. The van der Waals surface area contributed by atoms with Crippen molar-refractivity contribution in [3.63, 3.8) is 0 Å². The van der Waals surface area contributed by atoms with Crippen LogP contribution in [0, 0.1) is 5.92 Å². The first-order valence-corrected chi connectivity index (χ1v) is 11.7. The zero-order valence-corrected chi connectivity index (χ0v) is 21.3. The molecule has 3 aromatic rings. The predicted octanol–water partition coefficient (Wildman–Crippen LogP) is 4.17. The second-order valence-electron chi connectivity index (χ2n) is 8.86. The molecule has 1 aromatic heterocycles. The van der Waals surface area contributed by atoms with Gasteiger partial charge in [0.15, 0.2) is 0 Å². The van der Waals surface area contributed by atoms with Crippen LogP contribution in [0.5, 0.6) is 11.5 Å². The van der Waals surface area contributed by atoms with Gasteiger partial charge in [-0.3, -0.25) is 4.79 Å². The van der Waals surface area contributed by atoms with Gasteiger partial charge in [-0.2, -0.15) is 0 Å². The highest BCUT2D eigenvalue weighted by Gasteiger charge is 2.35. The van der Waals surface area contributed by atoms with Crippen LogP contribution in [-0.4, -0.2) is 60.1 Å². The van der Waals surface area contributed by atoms with Crippen LogP contribution in [-0.2, 0) is 27.3 Å². The minimum atomic E-state index is -0.988. The summed E-state index contributed by atoms with van der Waals surface area (Å²) in [7, 11) is 4.36. The van der Waals surface area contributed by atoms with Crippen LogP contribution in [0.4, 0.5) is 0 Å². The lowest BCUT2D eigenvalue weighted by Crippen LogP contribution is -2.49. The molecule has 0 fully saturated rings. The van der Waals surface area contributed by atoms with Crippen LogP contribution in [0.15, 0.2) is 53.8 Å². The van der Waals surface area contributed by atoms with Crippen molar-refractivity contribution >= 4 is 28.5 Å². The predicted molar refractivity (Wildman–Crippen MR) is 137 cm³/mol. The van der Waals surface area contributed by atoms with Gasteiger partial charge in [0.1, 0.15) is 23.3 Å².